The van der Waals surface area contributed by atoms with Gasteiger partial charge in [-0.25, -0.2) is 4.79 Å². The van der Waals surface area contributed by atoms with Crippen LogP contribution in [0.25, 0.3) is 5.65 Å². The highest BCUT2D eigenvalue weighted by molar-refractivity contribution is 9.10. The zero-order valence-electron chi connectivity index (χ0n) is 6.31. The van der Waals surface area contributed by atoms with E-state index >= 15 is 0 Å². The number of carboxylic acids is 1. The maximum Gasteiger partial charge on any atom is 0.352 e. The van der Waals surface area contributed by atoms with Crippen molar-refractivity contribution in [3.05, 3.63) is 28.6 Å². The molecule has 13 heavy (non-hydrogen) atoms. The van der Waals surface area contributed by atoms with Crippen molar-refractivity contribution in [1.82, 2.24) is 14.6 Å². The largest absolute Gasteiger partial charge is 0.477 e. The van der Waals surface area contributed by atoms with Crippen LogP contribution >= 0.6 is 15.9 Å². The average Bonchev–Trinajstić information content (AvgIpc) is 2.53. The van der Waals surface area contributed by atoms with Crippen molar-refractivity contribution < 1.29 is 9.90 Å². The number of carbonyl (C=O) groups is 1. The molecule has 1 N–H and O–H groups in total. The van der Waals surface area contributed by atoms with Crippen molar-refractivity contribution in [2.75, 3.05) is 0 Å². The van der Waals surface area contributed by atoms with Crippen LogP contribution in [0.4, 0.5) is 0 Å². The average molecular weight is 242 g/mol. The lowest BCUT2D eigenvalue weighted by Gasteiger charge is -1.99. The summed E-state index contributed by atoms with van der Waals surface area (Å²) in [5.74, 6) is -1.00. The van der Waals surface area contributed by atoms with Crippen LogP contribution in [-0.2, 0) is 0 Å². The second-order valence-electron chi connectivity index (χ2n) is 2.40. The molecular weight excluding hydrogens is 238 g/mol. The highest BCUT2D eigenvalue weighted by atomic mass is 79.9. The molecule has 0 fully saturated rings. The Balaban J connectivity index is 2.86. The quantitative estimate of drug-likeness (QED) is 0.815. The first-order valence-electron chi connectivity index (χ1n) is 3.41. The zero-order chi connectivity index (χ0) is 9.42. The van der Waals surface area contributed by atoms with Gasteiger partial charge in [-0.2, -0.15) is 0 Å². The van der Waals surface area contributed by atoms with E-state index in [2.05, 4.69) is 26.1 Å². The number of rotatable bonds is 1. The third-order valence-electron chi connectivity index (χ3n) is 1.63. The molecule has 0 aromatic carbocycles. The molecule has 2 aromatic heterocycles. The highest BCUT2D eigenvalue weighted by Crippen LogP contribution is 2.16. The van der Waals surface area contributed by atoms with Crippen LogP contribution < -0.4 is 0 Å². The third-order valence-corrected chi connectivity index (χ3v) is 2.25. The molecule has 0 bridgehead atoms. The molecule has 0 spiro atoms. The molecule has 0 aliphatic rings. The van der Waals surface area contributed by atoms with E-state index in [1.54, 1.807) is 6.07 Å². The standard InChI is InChI=1S/C7H4BrN3O2/c8-4-1-2-5(7(12)13)11-3-9-10-6(4)11/h1-3H,(H,12,13). The van der Waals surface area contributed by atoms with Gasteiger partial charge >= 0.3 is 5.97 Å². The smallest absolute Gasteiger partial charge is 0.352 e. The first kappa shape index (κ1) is 8.18. The summed E-state index contributed by atoms with van der Waals surface area (Å²) < 4.78 is 2.13. The number of hydrogen-bond donors (Lipinski definition) is 1. The first-order chi connectivity index (χ1) is 6.20. The Morgan fingerprint density at radius 2 is 2.31 bits per heavy atom. The lowest BCUT2D eigenvalue weighted by atomic mass is 10.3. The summed E-state index contributed by atoms with van der Waals surface area (Å²) in [5, 5.41) is 16.2. The minimum absolute atomic E-state index is 0.142. The molecular formula is C7H4BrN3O2. The van der Waals surface area contributed by atoms with Gasteiger partial charge < -0.3 is 5.11 Å². The fourth-order valence-electron chi connectivity index (χ4n) is 1.06. The number of hydrogen-bond acceptors (Lipinski definition) is 3. The normalized spacial score (nSPS) is 10.5. The van der Waals surface area contributed by atoms with E-state index in [1.807, 2.05) is 0 Å². The predicted molar refractivity (Wildman–Crippen MR) is 47.6 cm³/mol. The molecule has 5 nitrogen and oxygen atoms in total. The van der Waals surface area contributed by atoms with E-state index in [1.165, 1.54) is 16.8 Å². The van der Waals surface area contributed by atoms with Crippen molar-refractivity contribution in [2.45, 2.75) is 0 Å². The second-order valence-corrected chi connectivity index (χ2v) is 3.25. The molecule has 0 amide bonds. The predicted octanol–water partition coefficient (Wildman–Crippen LogP) is 1.19. The number of aromatic nitrogens is 3. The monoisotopic (exact) mass is 241 g/mol. The molecule has 2 rings (SSSR count). The lowest BCUT2D eigenvalue weighted by molar-refractivity contribution is 0.0689. The molecule has 0 saturated carbocycles. The highest BCUT2D eigenvalue weighted by Gasteiger charge is 2.10. The topological polar surface area (TPSA) is 67.5 Å². The van der Waals surface area contributed by atoms with Crippen molar-refractivity contribution in [2.24, 2.45) is 0 Å². The van der Waals surface area contributed by atoms with E-state index in [-0.39, 0.29) is 5.69 Å². The van der Waals surface area contributed by atoms with Gasteiger partial charge in [-0.15, -0.1) is 10.2 Å². The molecule has 6 heteroatoms. The van der Waals surface area contributed by atoms with E-state index in [0.717, 1.165) is 4.47 Å². The fraction of sp³-hybridized carbons (Fsp3) is 0. The van der Waals surface area contributed by atoms with Gasteiger partial charge in [0.1, 0.15) is 12.0 Å². The maximum absolute atomic E-state index is 10.7. The minimum atomic E-state index is -1.00. The summed E-state index contributed by atoms with van der Waals surface area (Å²) in [5.41, 5.74) is 0.642. The summed E-state index contributed by atoms with van der Waals surface area (Å²) in [4.78, 5) is 10.7. The number of fused-ring (bicyclic) bond motifs is 1. The van der Waals surface area contributed by atoms with Crippen molar-refractivity contribution >= 4 is 27.5 Å². The van der Waals surface area contributed by atoms with Crippen LogP contribution in [0.1, 0.15) is 10.5 Å². The zero-order valence-corrected chi connectivity index (χ0v) is 7.89. The molecule has 0 aliphatic heterocycles. The molecule has 0 aliphatic carbocycles. The summed E-state index contributed by atoms with van der Waals surface area (Å²) in [7, 11) is 0. The molecule has 0 saturated heterocycles. The molecule has 66 valence electrons. The van der Waals surface area contributed by atoms with Crippen LogP contribution in [-0.4, -0.2) is 25.7 Å². The van der Waals surface area contributed by atoms with Crippen LogP contribution in [0.3, 0.4) is 0 Å². The number of pyridine rings is 1. The van der Waals surface area contributed by atoms with E-state index in [9.17, 15) is 4.79 Å². The molecule has 0 unspecified atom stereocenters. The summed E-state index contributed by atoms with van der Waals surface area (Å²) in [6.07, 6.45) is 1.36. The van der Waals surface area contributed by atoms with Crippen LogP contribution in [0, 0.1) is 0 Å². The summed E-state index contributed by atoms with van der Waals surface area (Å²) >= 11 is 3.24. The number of carboxylic acid groups (broad SMARTS) is 1. The Morgan fingerprint density at radius 3 is 3.00 bits per heavy atom. The Hall–Kier alpha value is -1.43. The fourth-order valence-corrected chi connectivity index (χ4v) is 1.46. The first-order valence-corrected chi connectivity index (χ1v) is 4.21. The van der Waals surface area contributed by atoms with Gasteiger partial charge in [0.2, 0.25) is 0 Å². The SMILES string of the molecule is O=C(O)c1ccc(Br)c2nncn12. The summed E-state index contributed by atoms with van der Waals surface area (Å²) in [6.45, 7) is 0. The Kier molecular flexibility index (Phi) is 1.77. The Bertz CT molecular complexity index is 480. The Labute approximate surface area is 81.1 Å². The number of aromatic carboxylic acids is 1. The number of halogens is 1. The van der Waals surface area contributed by atoms with Gasteiger partial charge in [0, 0.05) is 0 Å². The maximum atomic E-state index is 10.7. The number of nitrogens with zero attached hydrogens (tertiary/aromatic N) is 3. The second kappa shape index (κ2) is 2.81. The van der Waals surface area contributed by atoms with Crippen LogP contribution in [0.15, 0.2) is 22.9 Å². The van der Waals surface area contributed by atoms with Gasteiger partial charge in [-0.3, -0.25) is 4.40 Å². The minimum Gasteiger partial charge on any atom is -0.477 e. The van der Waals surface area contributed by atoms with Crippen molar-refractivity contribution in [3.8, 4) is 0 Å². The van der Waals surface area contributed by atoms with Gasteiger partial charge in [0.15, 0.2) is 5.65 Å². The molecule has 2 heterocycles. The van der Waals surface area contributed by atoms with Gasteiger partial charge in [-0.05, 0) is 28.1 Å². The van der Waals surface area contributed by atoms with Gasteiger partial charge in [0.25, 0.3) is 0 Å². The van der Waals surface area contributed by atoms with Gasteiger partial charge in [0.05, 0.1) is 4.47 Å². The third kappa shape index (κ3) is 1.19. The lowest BCUT2D eigenvalue weighted by Crippen LogP contribution is -2.04. The van der Waals surface area contributed by atoms with Gasteiger partial charge in [-0.1, -0.05) is 0 Å². The molecule has 0 atom stereocenters. The molecule has 2 aromatic rings. The van der Waals surface area contributed by atoms with E-state index < -0.39 is 5.97 Å². The van der Waals surface area contributed by atoms with E-state index in [4.69, 9.17) is 5.11 Å². The summed E-state index contributed by atoms with van der Waals surface area (Å²) in [6, 6.07) is 3.12. The van der Waals surface area contributed by atoms with Crippen molar-refractivity contribution in [3.63, 3.8) is 0 Å². The molecule has 0 radical (unpaired) electrons. The van der Waals surface area contributed by atoms with E-state index in [0.29, 0.717) is 5.65 Å². The van der Waals surface area contributed by atoms with Crippen LogP contribution in [0.5, 0.6) is 0 Å². The Morgan fingerprint density at radius 1 is 1.54 bits per heavy atom. The van der Waals surface area contributed by atoms with Crippen LogP contribution in [0.2, 0.25) is 0 Å². The van der Waals surface area contributed by atoms with Crippen molar-refractivity contribution in [1.29, 1.82) is 0 Å².